The van der Waals surface area contributed by atoms with Gasteiger partial charge in [-0.05, 0) is 41.6 Å². The summed E-state index contributed by atoms with van der Waals surface area (Å²) in [6.45, 7) is 0.292. The van der Waals surface area contributed by atoms with Gasteiger partial charge in [0.05, 0.1) is 18.4 Å². The highest BCUT2D eigenvalue weighted by Gasteiger charge is 2.34. The van der Waals surface area contributed by atoms with Gasteiger partial charge in [-0.2, -0.15) is 0 Å². The number of hydrogen-bond donors (Lipinski definition) is 1. The molecule has 2 aromatic rings. The van der Waals surface area contributed by atoms with E-state index in [1.165, 1.54) is 0 Å². The number of benzene rings is 2. The minimum Gasteiger partial charge on any atom is -0.496 e. The Morgan fingerprint density at radius 3 is 2.62 bits per heavy atom. The molecule has 1 aliphatic rings. The van der Waals surface area contributed by atoms with E-state index >= 15 is 0 Å². The van der Waals surface area contributed by atoms with Crippen molar-refractivity contribution in [2.24, 2.45) is 0 Å². The molecule has 29 heavy (non-hydrogen) atoms. The highest BCUT2D eigenvalue weighted by atomic mass is 35.5. The molecule has 1 N–H and O–H groups in total. The Balaban J connectivity index is 1.54. The quantitative estimate of drug-likeness (QED) is 0.677. The molecule has 150 valence electrons. The minimum absolute atomic E-state index is 0.111. The molecule has 0 radical (unpaired) electrons. The lowest BCUT2D eigenvalue weighted by Gasteiger charge is -2.13. The van der Waals surface area contributed by atoms with Crippen molar-refractivity contribution >= 4 is 46.5 Å². The first-order valence-corrected chi connectivity index (χ1v) is 10.1. The van der Waals surface area contributed by atoms with Crippen LogP contribution < -0.4 is 10.1 Å². The van der Waals surface area contributed by atoms with Crippen molar-refractivity contribution in [3.05, 3.63) is 69.6 Å². The monoisotopic (exact) mass is 430 g/mol. The van der Waals surface area contributed by atoms with E-state index in [0.29, 0.717) is 15.7 Å². The first-order valence-electron chi connectivity index (χ1n) is 8.87. The summed E-state index contributed by atoms with van der Waals surface area (Å²) >= 11 is 6.74. The lowest BCUT2D eigenvalue weighted by Crippen LogP contribution is -2.37. The van der Waals surface area contributed by atoms with Gasteiger partial charge in [0.25, 0.3) is 11.1 Å². The minimum atomic E-state index is -0.367. The van der Waals surface area contributed by atoms with Crippen LogP contribution in [0.3, 0.4) is 0 Å². The summed E-state index contributed by atoms with van der Waals surface area (Å²) in [6.07, 6.45) is 1.81. The van der Waals surface area contributed by atoms with Crippen LogP contribution in [0, 0.1) is 0 Å². The number of ether oxygens (including phenoxy) is 1. The Bertz CT molecular complexity index is 959. The summed E-state index contributed by atoms with van der Waals surface area (Å²) in [5.41, 5.74) is 1.55. The second-order valence-electron chi connectivity index (χ2n) is 6.22. The fraction of sp³-hybridized carbons (Fsp3) is 0.190. The third-order valence-electron chi connectivity index (χ3n) is 4.24. The maximum Gasteiger partial charge on any atom is 0.293 e. The predicted molar refractivity (Wildman–Crippen MR) is 114 cm³/mol. The van der Waals surface area contributed by atoms with Gasteiger partial charge < -0.3 is 10.1 Å². The molecule has 0 spiro atoms. The Labute approximate surface area is 177 Å². The fourth-order valence-electron chi connectivity index (χ4n) is 2.79. The Kier molecular flexibility index (Phi) is 6.95. The predicted octanol–water partition coefficient (Wildman–Crippen LogP) is 3.74. The zero-order valence-electron chi connectivity index (χ0n) is 15.7. The molecule has 1 fully saturated rings. The van der Waals surface area contributed by atoms with Gasteiger partial charge in [0, 0.05) is 23.7 Å². The third-order valence-corrected chi connectivity index (χ3v) is 5.40. The standard InChI is InChI=1S/C21H19ClN2O4S/c1-28-17-5-3-2-4-15(17)13-19(25)23-10-11-24-20(26)18(29-21(24)27)12-14-6-8-16(22)9-7-14/h2-9,12H,10-11,13H2,1H3,(H,23,25). The third kappa shape index (κ3) is 5.40. The van der Waals surface area contributed by atoms with E-state index in [9.17, 15) is 14.4 Å². The van der Waals surface area contributed by atoms with Crippen LogP contribution in [0.4, 0.5) is 4.79 Å². The molecule has 0 atom stereocenters. The van der Waals surface area contributed by atoms with E-state index in [1.807, 2.05) is 18.2 Å². The Morgan fingerprint density at radius 1 is 1.17 bits per heavy atom. The fourth-order valence-corrected chi connectivity index (χ4v) is 3.79. The summed E-state index contributed by atoms with van der Waals surface area (Å²) < 4.78 is 5.23. The van der Waals surface area contributed by atoms with Crippen molar-refractivity contribution in [2.45, 2.75) is 6.42 Å². The van der Waals surface area contributed by atoms with Crippen LogP contribution >= 0.6 is 23.4 Å². The number of para-hydroxylation sites is 1. The molecule has 3 amide bonds. The number of carbonyl (C=O) groups is 3. The van der Waals surface area contributed by atoms with Crippen molar-refractivity contribution in [3.8, 4) is 5.75 Å². The number of amides is 3. The molecule has 0 aromatic heterocycles. The molecular weight excluding hydrogens is 412 g/mol. The zero-order chi connectivity index (χ0) is 20.8. The average molecular weight is 431 g/mol. The van der Waals surface area contributed by atoms with Gasteiger partial charge in [0.15, 0.2) is 0 Å². The smallest absolute Gasteiger partial charge is 0.293 e. The van der Waals surface area contributed by atoms with Crippen LogP contribution in [-0.2, 0) is 16.0 Å². The molecule has 2 aromatic carbocycles. The highest BCUT2D eigenvalue weighted by Crippen LogP contribution is 2.32. The first-order chi connectivity index (χ1) is 14.0. The van der Waals surface area contributed by atoms with E-state index < -0.39 is 0 Å². The Morgan fingerprint density at radius 2 is 1.90 bits per heavy atom. The topological polar surface area (TPSA) is 75.7 Å². The average Bonchev–Trinajstić information content (AvgIpc) is 2.97. The summed E-state index contributed by atoms with van der Waals surface area (Å²) in [4.78, 5) is 38.3. The van der Waals surface area contributed by atoms with Gasteiger partial charge >= 0.3 is 0 Å². The van der Waals surface area contributed by atoms with Crippen LogP contribution in [0.15, 0.2) is 53.4 Å². The van der Waals surface area contributed by atoms with Crippen LogP contribution in [0.25, 0.3) is 6.08 Å². The molecule has 3 rings (SSSR count). The number of nitrogens with one attached hydrogen (secondary N) is 1. The van der Waals surface area contributed by atoms with Gasteiger partial charge in [-0.25, -0.2) is 0 Å². The lowest BCUT2D eigenvalue weighted by molar-refractivity contribution is -0.124. The van der Waals surface area contributed by atoms with E-state index in [4.69, 9.17) is 16.3 Å². The van der Waals surface area contributed by atoms with Gasteiger partial charge in [-0.15, -0.1) is 0 Å². The summed E-state index contributed by atoms with van der Waals surface area (Å²) in [5.74, 6) is 0.0630. The molecule has 0 bridgehead atoms. The molecule has 1 saturated heterocycles. The van der Waals surface area contributed by atoms with Crippen LogP contribution in [0.2, 0.25) is 5.02 Å². The number of carbonyl (C=O) groups excluding carboxylic acids is 3. The van der Waals surface area contributed by atoms with Crippen molar-refractivity contribution in [1.29, 1.82) is 0 Å². The number of halogens is 1. The van der Waals surface area contributed by atoms with Gasteiger partial charge in [-0.3, -0.25) is 19.3 Å². The van der Waals surface area contributed by atoms with Crippen molar-refractivity contribution in [2.75, 3.05) is 20.2 Å². The van der Waals surface area contributed by atoms with Gasteiger partial charge in [0.2, 0.25) is 5.91 Å². The zero-order valence-corrected chi connectivity index (χ0v) is 17.3. The van der Waals surface area contributed by atoms with Crippen molar-refractivity contribution in [3.63, 3.8) is 0 Å². The first kappa shape index (κ1) is 21.0. The van der Waals surface area contributed by atoms with Crippen LogP contribution in [-0.4, -0.2) is 42.2 Å². The number of methoxy groups -OCH3 is 1. The molecular formula is C21H19ClN2O4S. The SMILES string of the molecule is COc1ccccc1CC(=O)NCCN1C(=O)SC(=Cc2ccc(Cl)cc2)C1=O. The lowest BCUT2D eigenvalue weighted by atomic mass is 10.1. The van der Waals surface area contributed by atoms with E-state index in [1.54, 1.807) is 43.5 Å². The van der Waals surface area contributed by atoms with Crippen LogP contribution in [0.1, 0.15) is 11.1 Å². The summed E-state index contributed by atoms with van der Waals surface area (Å²) in [7, 11) is 1.55. The highest BCUT2D eigenvalue weighted by molar-refractivity contribution is 8.18. The number of thioether (sulfide) groups is 1. The molecule has 8 heteroatoms. The van der Waals surface area contributed by atoms with E-state index in [0.717, 1.165) is 27.8 Å². The molecule has 1 aliphatic heterocycles. The van der Waals surface area contributed by atoms with E-state index in [2.05, 4.69) is 5.32 Å². The largest absolute Gasteiger partial charge is 0.496 e. The van der Waals surface area contributed by atoms with Gasteiger partial charge in [-0.1, -0.05) is 41.9 Å². The van der Waals surface area contributed by atoms with Crippen molar-refractivity contribution in [1.82, 2.24) is 10.2 Å². The Hall–Kier alpha value is -2.77. The molecule has 0 unspecified atom stereocenters. The number of nitrogens with zero attached hydrogens (tertiary/aromatic N) is 1. The second kappa shape index (κ2) is 9.62. The number of hydrogen-bond acceptors (Lipinski definition) is 5. The maximum absolute atomic E-state index is 12.5. The summed E-state index contributed by atoms with van der Waals surface area (Å²) in [6, 6.07) is 14.2. The molecule has 1 heterocycles. The maximum atomic E-state index is 12.5. The van der Waals surface area contributed by atoms with Gasteiger partial charge in [0.1, 0.15) is 5.75 Å². The normalized spacial score (nSPS) is 15.1. The molecule has 0 saturated carbocycles. The second-order valence-corrected chi connectivity index (χ2v) is 7.65. The van der Waals surface area contributed by atoms with Crippen molar-refractivity contribution < 1.29 is 19.1 Å². The number of rotatable bonds is 7. The van der Waals surface area contributed by atoms with E-state index in [-0.39, 0.29) is 36.6 Å². The number of imide groups is 1. The van der Waals surface area contributed by atoms with Crippen LogP contribution in [0.5, 0.6) is 5.75 Å². The summed E-state index contributed by atoms with van der Waals surface area (Å²) in [5, 5.41) is 2.98. The molecule has 6 nitrogen and oxygen atoms in total. The molecule has 0 aliphatic carbocycles.